The van der Waals surface area contributed by atoms with Gasteiger partial charge in [0.2, 0.25) is 5.75 Å². The second kappa shape index (κ2) is 9.68. The van der Waals surface area contributed by atoms with Gasteiger partial charge in [-0.25, -0.2) is 0 Å². The summed E-state index contributed by atoms with van der Waals surface area (Å²) < 4.78 is 55.8. The number of carboxylic acids is 1. The van der Waals surface area contributed by atoms with Crippen molar-refractivity contribution in [2.24, 2.45) is 0 Å². The molecule has 1 aliphatic rings. The zero-order valence-corrected chi connectivity index (χ0v) is 18.1. The van der Waals surface area contributed by atoms with Crippen LogP contribution in [0.4, 0.5) is 13.2 Å². The number of ether oxygens (including phenoxy) is 3. The van der Waals surface area contributed by atoms with Gasteiger partial charge in [-0.15, -0.1) is 0 Å². The maximum absolute atomic E-state index is 13.1. The number of alkyl halides is 3. The predicted octanol–water partition coefficient (Wildman–Crippen LogP) is 4.76. The molecule has 1 fully saturated rings. The number of hydrogen-bond acceptors (Lipinski definition) is 5. The van der Waals surface area contributed by atoms with Crippen LogP contribution in [-0.4, -0.2) is 49.9 Å². The summed E-state index contributed by atoms with van der Waals surface area (Å²) >= 11 is 0. The Morgan fingerprint density at radius 3 is 2.19 bits per heavy atom. The van der Waals surface area contributed by atoms with E-state index in [1.165, 1.54) is 33.5 Å². The smallest absolute Gasteiger partial charge is 0.416 e. The van der Waals surface area contributed by atoms with E-state index >= 15 is 0 Å². The number of aliphatic carboxylic acids is 1. The van der Waals surface area contributed by atoms with Crippen molar-refractivity contribution in [3.8, 4) is 17.2 Å². The molecule has 3 rings (SSSR count). The summed E-state index contributed by atoms with van der Waals surface area (Å²) in [4.78, 5) is 13.8. The van der Waals surface area contributed by atoms with Crippen molar-refractivity contribution in [1.29, 1.82) is 0 Å². The van der Waals surface area contributed by atoms with Gasteiger partial charge in [-0.1, -0.05) is 18.6 Å². The highest BCUT2D eigenvalue weighted by molar-refractivity contribution is 5.74. The third kappa shape index (κ3) is 4.62. The third-order valence-electron chi connectivity index (χ3n) is 5.74. The molecule has 2 atom stereocenters. The van der Waals surface area contributed by atoms with Crippen molar-refractivity contribution in [3.05, 3.63) is 53.1 Å². The minimum absolute atomic E-state index is 0.327. The molecule has 0 bridgehead atoms. The molecule has 0 spiro atoms. The molecule has 32 heavy (non-hydrogen) atoms. The molecule has 0 amide bonds. The standard InChI is InChI=1S/C23H26F3NO5/c1-30-18-12-11-16(20(31-2)21(18)32-3)19(27-13-5-4-6-17(27)22(28)29)14-7-9-15(10-8-14)23(24,25)26/h7-12,17,19H,4-6,13H2,1-3H3,(H,28,29). The Bertz CT molecular complexity index is 946. The number of hydrogen-bond donors (Lipinski definition) is 1. The molecule has 9 heteroatoms. The number of rotatable bonds is 7. The fraction of sp³-hybridized carbons (Fsp3) is 0.435. The van der Waals surface area contributed by atoms with Crippen LogP contribution in [0.25, 0.3) is 0 Å². The van der Waals surface area contributed by atoms with Crippen LogP contribution in [0.1, 0.15) is 42.0 Å². The molecule has 6 nitrogen and oxygen atoms in total. The monoisotopic (exact) mass is 453 g/mol. The first-order valence-corrected chi connectivity index (χ1v) is 10.2. The maximum Gasteiger partial charge on any atom is 0.416 e. The van der Waals surface area contributed by atoms with E-state index in [1.54, 1.807) is 17.0 Å². The van der Waals surface area contributed by atoms with Gasteiger partial charge in [0.05, 0.1) is 32.9 Å². The zero-order valence-electron chi connectivity index (χ0n) is 18.1. The number of nitrogens with zero attached hydrogens (tertiary/aromatic N) is 1. The molecule has 1 saturated heterocycles. The van der Waals surface area contributed by atoms with E-state index in [1.807, 2.05) is 0 Å². The van der Waals surface area contributed by atoms with Crippen molar-refractivity contribution in [3.63, 3.8) is 0 Å². The number of carboxylic acid groups (broad SMARTS) is 1. The summed E-state index contributed by atoms with van der Waals surface area (Å²) in [6.45, 7) is 0.472. The lowest BCUT2D eigenvalue weighted by molar-refractivity contribution is -0.145. The SMILES string of the molecule is COc1ccc(C(c2ccc(C(F)(F)F)cc2)N2CCCCC2C(=O)O)c(OC)c1OC. The van der Waals surface area contributed by atoms with Gasteiger partial charge in [-0.05, 0) is 49.2 Å². The predicted molar refractivity (Wildman–Crippen MR) is 111 cm³/mol. The normalized spacial score (nSPS) is 18.1. The quantitative estimate of drug-likeness (QED) is 0.652. The zero-order chi connectivity index (χ0) is 23.5. The van der Waals surface area contributed by atoms with Crippen LogP contribution < -0.4 is 14.2 Å². The molecule has 2 aromatic carbocycles. The molecular formula is C23H26F3NO5. The van der Waals surface area contributed by atoms with Crippen molar-refractivity contribution in [2.45, 2.75) is 37.5 Å². The van der Waals surface area contributed by atoms with E-state index in [4.69, 9.17) is 14.2 Å². The molecule has 1 N–H and O–H groups in total. The van der Waals surface area contributed by atoms with E-state index in [-0.39, 0.29) is 0 Å². The highest BCUT2D eigenvalue weighted by Gasteiger charge is 2.38. The van der Waals surface area contributed by atoms with Crippen LogP contribution in [0.2, 0.25) is 0 Å². The summed E-state index contributed by atoms with van der Waals surface area (Å²) in [7, 11) is 4.39. The average molecular weight is 453 g/mol. The number of carbonyl (C=O) groups is 1. The molecule has 0 saturated carbocycles. The molecular weight excluding hydrogens is 427 g/mol. The second-order valence-electron chi connectivity index (χ2n) is 7.53. The highest BCUT2D eigenvalue weighted by Crippen LogP contribution is 2.46. The van der Waals surface area contributed by atoms with Gasteiger partial charge in [0.15, 0.2) is 11.5 Å². The van der Waals surface area contributed by atoms with Gasteiger partial charge in [0.25, 0.3) is 0 Å². The Morgan fingerprint density at radius 2 is 1.66 bits per heavy atom. The Balaban J connectivity index is 2.21. The summed E-state index contributed by atoms with van der Waals surface area (Å²) in [5.74, 6) is 0.119. The summed E-state index contributed by atoms with van der Waals surface area (Å²) in [6.07, 6.45) is -2.49. The van der Waals surface area contributed by atoms with Gasteiger partial charge in [-0.3, -0.25) is 9.69 Å². The number of likely N-dealkylation sites (tertiary alicyclic amines) is 1. The lowest BCUT2D eigenvalue weighted by atomic mass is 9.90. The van der Waals surface area contributed by atoms with Crippen molar-refractivity contribution in [2.75, 3.05) is 27.9 Å². The molecule has 2 unspecified atom stereocenters. The molecule has 1 heterocycles. The fourth-order valence-electron chi connectivity index (χ4n) is 4.27. The van der Waals surface area contributed by atoms with Crippen LogP contribution in [0.3, 0.4) is 0 Å². The van der Waals surface area contributed by atoms with Crippen LogP contribution in [0, 0.1) is 0 Å². The minimum Gasteiger partial charge on any atom is -0.493 e. The molecule has 2 aromatic rings. The Labute approximate surface area is 184 Å². The van der Waals surface area contributed by atoms with E-state index < -0.39 is 29.8 Å². The van der Waals surface area contributed by atoms with Crippen molar-refractivity contribution < 1.29 is 37.3 Å². The van der Waals surface area contributed by atoms with Crippen LogP contribution >= 0.6 is 0 Å². The van der Waals surface area contributed by atoms with Gasteiger partial charge in [0, 0.05) is 5.56 Å². The maximum atomic E-state index is 13.1. The Kier molecular flexibility index (Phi) is 7.18. The topological polar surface area (TPSA) is 68.2 Å². The number of methoxy groups -OCH3 is 3. The number of halogens is 3. The number of piperidine rings is 1. The first-order chi connectivity index (χ1) is 15.2. The van der Waals surface area contributed by atoms with Crippen LogP contribution in [0.5, 0.6) is 17.2 Å². The first-order valence-electron chi connectivity index (χ1n) is 10.2. The van der Waals surface area contributed by atoms with Gasteiger partial charge >= 0.3 is 12.1 Å². The largest absolute Gasteiger partial charge is 0.493 e. The summed E-state index contributed by atoms with van der Waals surface area (Å²) in [6, 6.07) is 6.75. The van der Waals surface area contributed by atoms with Crippen LogP contribution in [-0.2, 0) is 11.0 Å². The van der Waals surface area contributed by atoms with E-state index in [0.717, 1.165) is 25.0 Å². The molecule has 0 aromatic heterocycles. The Morgan fingerprint density at radius 1 is 1.00 bits per heavy atom. The molecule has 0 radical (unpaired) electrons. The summed E-state index contributed by atoms with van der Waals surface area (Å²) in [5.41, 5.74) is 0.336. The van der Waals surface area contributed by atoms with E-state index in [9.17, 15) is 23.1 Å². The lowest BCUT2D eigenvalue weighted by Crippen LogP contribution is -2.47. The molecule has 1 aliphatic heterocycles. The number of benzene rings is 2. The van der Waals surface area contributed by atoms with Crippen LogP contribution in [0.15, 0.2) is 36.4 Å². The minimum atomic E-state index is -4.47. The second-order valence-corrected chi connectivity index (χ2v) is 7.53. The highest BCUT2D eigenvalue weighted by atomic mass is 19.4. The van der Waals surface area contributed by atoms with Gasteiger partial charge < -0.3 is 19.3 Å². The average Bonchev–Trinajstić information content (AvgIpc) is 2.78. The Hall–Kier alpha value is -2.94. The lowest BCUT2D eigenvalue weighted by Gasteiger charge is -2.40. The fourth-order valence-corrected chi connectivity index (χ4v) is 4.27. The first kappa shape index (κ1) is 23.7. The molecule has 174 valence electrons. The van der Waals surface area contributed by atoms with Crippen molar-refractivity contribution in [1.82, 2.24) is 4.90 Å². The third-order valence-corrected chi connectivity index (χ3v) is 5.74. The van der Waals surface area contributed by atoms with Gasteiger partial charge in [0.1, 0.15) is 6.04 Å². The van der Waals surface area contributed by atoms with Crippen molar-refractivity contribution >= 4 is 5.97 Å². The van der Waals surface area contributed by atoms with E-state index in [2.05, 4.69) is 0 Å². The molecule has 0 aliphatic carbocycles. The van der Waals surface area contributed by atoms with Gasteiger partial charge in [-0.2, -0.15) is 13.2 Å². The van der Waals surface area contributed by atoms with E-state index in [0.29, 0.717) is 41.3 Å². The summed E-state index contributed by atoms with van der Waals surface area (Å²) in [5, 5.41) is 9.85.